The quantitative estimate of drug-likeness (QED) is 0.777. The van der Waals surface area contributed by atoms with E-state index < -0.39 is 26.6 Å². The van der Waals surface area contributed by atoms with Crippen LogP contribution in [0, 0.1) is 5.92 Å². The van der Waals surface area contributed by atoms with Crippen molar-refractivity contribution in [3.05, 3.63) is 65.7 Å². The molecule has 2 aromatic rings. The van der Waals surface area contributed by atoms with Gasteiger partial charge in [-0.1, -0.05) is 48.9 Å². The summed E-state index contributed by atoms with van der Waals surface area (Å²) in [7, 11) is -3.60. The number of rotatable bonds is 2. The van der Waals surface area contributed by atoms with Crippen molar-refractivity contribution in [2.24, 2.45) is 5.92 Å². The summed E-state index contributed by atoms with van der Waals surface area (Å²) in [4.78, 5) is 13.1. The van der Waals surface area contributed by atoms with E-state index in [-0.39, 0.29) is 11.9 Å². The lowest BCUT2D eigenvalue weighted by molar-refractivity contribution is -0.170. The van der Waals surface area contributed by atoms with E-state index in [0.29, 0.717) is 11.3 Å². The molecular formula is C20H18O4S. The van der Waals surface area contributed by atoms with Crippen LogP contribution in [0.25, 0.3) is 0 Å². The molecule has 5 heteroatoms. The van der Waals surface area contributed by atoms with Gasteiger partial charge in [-0.15, -0.1) is 0 Å². The molecule has 25 heavy (non-hydrogen) atoms. The number of ether oxygens (including phenoxy) is 1. The van der Waals surface area contributed by atoms with Crippen molar-refractivity contribution in [3.8, 4) is 0 Å². The van der Waals surface area contributed by atoms with E-state index >= 15 is 0 Å². The monoisotopic (exact) mass is 354 g/mol. The molecule has 1 spiro atoms. The van der Waals surface area contributed by atoms with Crippen LogP contribution in [0.1, 0.15) is 36.5 Å². The Labute approximate surface area is 146 Å². The maximum Gasteiger partial charge on any atom is 0.317 e. The molecule has 2 aliphatic heterocycles. The molecule has 2 aromatic carbocycles. The minimum atomic E-state index is -3.60. The van der Waals surface area contributed by atoms with Gasteiger partial charge >= 0.3 is 5.97 Å². The highest BCUT2D eigenvalue weighted by molar-refractivity contribution is 7.92. The fraction of sp³-hybridized carbons (Fsp3) is 0.350. The van der Waals surface area contributed by atoms with E-state index in [4.69, 9.17) is 4.74 Å². The summed E-state index contributed by atoms with van der Waals surface area (Å²) in [6.45, 7) is 0. The first-order chi connectivity index (χ1) is 12.1. The van der Waals surface area contributed by atoms with E-state index in [1.54, 1.807) is 30.3 Å². The molecule has 2 bridgehead atoms. The van der Waals surface area contributed by atoms with Gasteiger partial charge < -0.3 is 4.74 Å². The number of fused-ring (bicyclic) bond motifs is 1. The first-order valence-electron chi connectivity index (χ1n) is 8.66. The average molecular weight is 354 g/mol. The Morgan fingerprint density at radius 3 is 2.52 bits per heavy atom. The Kier molecular flexibility index (Phi) is 2.99. The van der Waals surface area contributed by atoms with E-state index in [2.05, 4.69) is 0 Å². The second-order valence-electron chi connectivity index (χ2n) is 7.21. The van der Waals surface area contributed by atoms with Crippen LogP contribution in [-0.4, -0.2) is 19.6 Å². The summed E-state index contributed by atoms with van der Waals surface area (Å²) in [5, 5.41) is -0.704. The van der Waals surface area contributed by atoms with Gasteiger partial charge in [-0.2, -0.15) is 0 Å². The lowest BCUT2D eigenvalue weighted by Crippen LogP contribution is -2.59. The first kappa shape index (κ1) is 15.1. The Morgan fingerprint density at radius 1 is 1.00 bits per heavy atom. The molecule has 2 aliphatic carbocycles. The number of hydrogen-bond donors (Lipinski definition) is 0. The summed E-state index contributed by atoms with van der Waals surface area (Å²) >= 11 is 0. The molecule has 4 nitrogen and oxygen atoms in total. The normalized spacial score (nSPS) is 32.8. The van der Waals surface area contributed by atoms with Crippen LogP contribution >= 0.6 is 0 Å². The van der Waals surface area contributed by atoms with Crippen molar-refractivity contribution in [2.75, 3.05) is 0 Å². The topological polar surface area (TPSA) is 60.4 Å². The molecule has 0 radical (unpaired) electrons. The lowest BCUT2D eigenvalue weighted by Gasteiger charge is -2.51. The second-order valence-corrected chi connectivity index (χ2v) is 9.31. The van der Waals surface area contributed by atoms with Crippen molar-refractivity contribution in [3.63, 3.8) is 0 Å². The summed E-state index contributed by atoms with van der Waals surface area (Å²) in [5.41, 5.74) is 1.06. The predicted molar refractivity (Wildman–Crippen MR) is 91.7 cm³/mol. The molecule has 0 amide bonds. The third-order valence-corrected chi connectivity index (χ3v) is 8.41. The lowest BCUT2D eigenvalue weighted by atomic mass is 9.61. The fourth-order valence-electron chi connectivity index (χ4n) is 5.21. The van der Waals surface area contributed by atoms with Gasteiger partial charge in [-0.3, -0.25) is 4.79 Å². The molecular weight excluding hydrogens is 336 g/mol. The third kappa shape index (κ3) is 1.77. The van der Waals surface area contributed by atoms with E-state index in [9.17, 15) is 13.2 Å². The molecule has 0 N–H and O–H groups in total. The Bertz CT molecular complexity index is 966. The maximum atomic E-state index is 13.4. The van der Waals surface area contributed by atoms with Crippen LogP contribution in [0.15, 0.2) is 59.5 Å². The highest BCUT2D eigenvalue weighted by atomic mass is 32.2. The zero-order chi connectivity index (χ0) is 17.2. The molecule has 4 atom stereocenters. The van der Waals surface area contributed by atoms with E-state index in [0.717, 1.165) is 24.0 Å². The number of benzene rings is 2. The molecule has 4 aliphatic rings. The van der Waals surface area contributed by atoms with E-state index in [1.807, 2.05) is 24.3 Å². The standard InChI is InChI=1S/C20H18O4S/c21-19-20-12-6-11-16(20)18(25(22,23)13-7-2-1-3-8-13)17(24-19)14-9-4-5-10-15(14)20/h1-5,7-10,16-18H,6,11-12H2/t16-,17-,18-,20-/m1/s1. The number of carbonyl (C=O) groups is 1. The number of sulfone groups is 1. The van der Waals surface area contributed by atoms with Crippen LogP contribution in [0.3, 0.4) is 0 Å². The average Bonchev–Trinajstić information content (AvgIpc) is 3.08. The molecule has 128 valence electrons. The van der Waals surface area contributed by atoms with Gasteiger partial charge in [0, 0.05) is 5.92 Å². The summed E-state index contributed by atoms with van der Waals surface area (Å²) in [6.07, 6.45) is 1.55. The van der Waals surface area contributed by atoms with Crippen molar-refractivity contribution in [2.45, 2.75) is 40.9 Å². The molecule has 2 heterocycles. The number of hydrogen-bond acceptors (Lipinski definition) is 4. The van der Waals surface area contributed by atoms with Crippen molar-refractivity contribution < 1.29 is 17.9 Å². The zero-order valence-corrected chi connectivity index (χ0v) is 14.4. The van der Waals surface area contributed by atoms with Gasteiger partial charge in [0.1, 0.15) is 11.4 Å². The van der Waals surface area contributed by atoms with Gasteiger partial charge in [0.05, 0.1) is 10.3 Å². The number of carbonyl (C=O) groups excluding carboxylic acids is 1. The SMILES string of the molecule is O=C1O[C@@H]2c3ccccc3[C@@]13CCC[C@@H]3[C@H]2S(=O)(=O)c1ccccc1. The molecule has 2 fully saturated rings. The number of esters is 1. The Balaban J connectivity index is 1.76. The minimum Gasteiger partial charge on any atom is -0.455 e. The summed E-state index contributed by atoms with van der Waals surface area (Å²) in [5.74, 6) is -0.447. The molecule has 0 unspecified atom stereocenters. The van der Waals surface area contributed by atoms with Crippen molar-refractivity contribution in [1.82, 2.24) is 0 Å². The largest absolute Gasteiger partial charge is 0.455 e. The maximum absolute atomic E-state index is 13.4. The first-order valence-corrected chi connectivity index (χ1v) is 10.2. The molecule has 6 rings (SSSR count). The zero-order valence-electron chi connectivity index (χ0n) is 13.6. The minimum absolute atomic E-state index is 0.209. The fourth-order valence-corrected chi connectivity index (χ4v) is 7.39. The molecule has 0 aromatic heterocycles. The Hall–Kier alpha value is -2.14. The molecule has 1 saturated heterocycles. The van der Waals surface area contributed by atoms with Crippen molar-refractivity contribution in [1.29, 1.82) is 0 Å². The highest BCUT2D eigenvalue weighted by Crippen LogP contribution is 2.62. The second kappa shape index (κ2) is 4.94. The smallest absolute Gasteiger partial charge is 0.317 e. The van der Waals surface area contributed by atoms with Gasteiger partial charge in [0.25, 0.3) is 0 Å². The van der Waals surface area contributed by atoms with Crippen LogP contribution in [0.5, 0.6) is 0 Å². The van der Waals surface area contributed by atoms with Crippen LogP contribution < -0.4 is 0 Å². The predicted octanol–water partition coefficient (Wildman–Crippen LogP) is 3.18. The van der Waals surface area contributed by atoms with Gasteiger partial charge in [-0.25, -0.2) is 8.42 Å². The Morgan fingerprint density at radius 2 is 1.72 bits per heavy atom. The van der Waals surface area contributed by atoms with E-state index in [1.165, 1.54) is 0 Å². The van der Waals surface area contributed by atoms with Crippen LogP contribution in [0.2, 0.25) is 0 Å². The van der Waals surface area contributed by atoms with Gasteiger partial charge in [0.15, 0.2) is 9.84 Å². The van der Waals surface area contributed by atoms with Gasteiger partial charge in [-0.05, 0) is 36.1 Å². The molecule has 1 saturated carbocycles. The summed E-state index contributed by atoms with van der Waals surface area (Å²) < 4.78 is 32.6. The summed E-state index contributed by atoms with van der Waals surface area (Å²) in [6, 6.07) is 16.2. The highest BCUT2D eigenvalue weighted by Gasteiger charge is 2.67. The van der Waals surface area contributed by atoms with Gasteiger partial charge in [0.2, 0.25) is 0 Å². The van der Waals surface area contributed by atoms with Crippen molar-refractivity contribution >= 4 is 15.8 Å². The van der Waals surface area contributed by atoms with Crippen LogP contribution in [-0.2, 0) is 24.8 Å². The van der Waals surface area contributed by atoms with Crippen LogP contribution in [0.4, 0.5) is 0 Å². The third-order valence-electron chi connectivity index (χ3n) is 6.19.